The Hall–Kier alpha value is -2.58. The van der Waals surface area contributed by atoms with Crippen LogP contribution in [-0.2, 0) is 22.6 Å². The molecule has 0 aliphatic heterocycles. The normalized spacial score (nSPS) is 11.5. The number of rotatable bonds is 11. The van der Waals surface area contributed by atoms with Crippen LogP contribution in [0, 0.1) is 3.57 Å². The molecule has 5 nitrogen and oxygen atoms in total. The molecule has 0 aliphatic rings. The highest BCUT2D eigenvalue weighted by molar-refractivity contribution is 14.1. The molecule has 0 spiro atoms. The molecule has 0 radical (unpaired) electrons. The second kappa shape index (κ2) is 13.3. The number of hydrogen-bond donors (Lipinski definition) is 1. The third kappa shape index (κ3) is 8.02. The van der Waals surface area contributed by atoms with Crippen molar-refractivity contribution in [3.05, 3.63) is 98.6 Å². The SMILES string of the molecule is CCCNC(=O)[C@@H](Cc1ccccc1)N(Cc1cccc(Cl)c1)C(=O)COc1ccc(I)cc1. The van der Waals surface area contributed by atoms with E-state index in [1.54, 1.807) is 11.0 Å². The number of halogens is 2. The van der Waals surface area contributed by atoms with Crippen molar-refractivity contribution < 1.29 is 14.3 Å². The van der Waals surface area contributed by atoms with E-state index < -0.39 is 6.04 Å². The van der Waals surface area contributed by atoms with Crippen molar-refractivity contribution in [1.29, 1.82) is 0 Å². The van der Waals surface area contributed by atoms with Crippen LogP contribution in [0.1, 0.15) is 24.5 Å². The largest absolute Gasteiger partial charge is 0.484 e. The van der Waals surface area contributed by atoms with Crippen molar-refractivity contribution in [2.24, 2.45) is 0 Å². The van der Waals surface area contributed by atoms with Crippen LogP contribution >= 0.6 is 34.2 Å². The molecule has 34 heavy (non-hydrogen) atoms. The van der Waals surface area contributed by atoms with Gasteiger partial charge >= 0.3 is 0 Å². The van der Waals surface area contributed by atoms with Gasteiger partial charge in [0.05, 0.1) is 0 Å². The molecule has 0 unspecified atom stereocenters. The minimum Gasteiger partial charge on any atom is -0.484 e. The number of nitrogens with zero attached hydrogens (tertiary/aromatic N) is 1. The Bertz CT molecular complexity index is 1080. The van der Waals surface area contributed by atoms with Gasteiger partial charge in [-0.25, -0.2) is 0 Å². The Kier molecular flexibility index (Phi) is 10.2. The van der Waals surface area contributed by atoms with Gasteiger partial charge in [-0.3, -0.25) is 9.59 Å². The summed E-state index contributed by atoms with van der Waals surface area (Å²) < 4.78 is 6.85. The zero-order valence-electron chi connectivity index (χ0n) is 19.0. The summed E-state index contributed by atoms with van der Waals surface area (Å²) in [7, 11) is 0. The third-order valence-electron chi connectivity index (χ3n) is 5.24. The van der Waals surface area contributed by atoms with Gasteiger partial charge in [-0.05, 0) is 76.5 Å². The van der Waals surface area contributed by atoms with Crippen molar-refractivity contribution in [3.63, 3.8) is 0 Å². The van der Waals surface area contributed by atoms with Gasteiger partial charge in [0.25, 0.3) is 5.91 Å². The number of benzene rings is 3. The fraction of sp³-hybridized carbons (Fsp3) is 0.259. The molecule has 3 rings (SSSR count). The van der Waals surface area contributed by atoms with Crippen LogP contribution in [0.3, 0.4) is 0 Å². The van der Waals surface area contributed by atoms with E-state index in [9.17, 15) is 9.59 Å². The molecule has 0 aliphatic carbocycles. The van der Waals surface area contributed by atoms with Gasteiger partial charge < -0.3 is 15.0 Å². The molecule has 7 heteroatoms. The van der Waals surface area contributed by atoms with E-state index in [1.807, 2.05) is 79.7 Å². The molecule has 0 fully saturated rings. The molecular weight excluding hydrogens is 563 g/mol. The van der Waals surface area contributed by atoms with Gasteiger partial charge in [0, 0.05) is 28.1 Å². The van der Waals surface area contributed by atoms with E-state index in [0.29, 0.717) is 23.7 Å². The van der Waals surface area contributed by atoms with E-state index in [1.165, 1.54) is 0 Å². The number of carbonyl (C=O) groups excluding carboxylic acids is 2. The average molecular weight is 591 g/mol. The number of amides is 2. The Morgan fingerprint density at radius 1 is 1.00 bits per heavy atom. The predicted molar refractivity (Wildman–Crippen MR) is 144 cm³/mol. The van der Waals surface area contributed by atoms with Crippen LogP contribution < -0.4 is 10.1 Å². The van der Waals surface area contributed by atoms with Crippen LogP contribution in [-0.4, -0.2) is 35.9 Å². The van der Waals surface area contributed by atoms with E-state index in [0.717, 1.165) is 21.1 Å². The zero-order chi connectivity index (χ0) is 24.3. The quantitative estimate of drug-likeness (QED) is 0.301. The fourth-order valence-corrected chi connectivity index (χ4v) is 4.08. The summed E-state index contributed by atoms with van der Waals surface area (Å²) >= 11 is 8.41. The molecule has 0 saturated carbocycles. The van der Waals surface area contributed by atoms with Gasteiger partial charge in [-0.2, -0.15) is 0 Å². The van der Waals surface area contributed by atoms with E-state index in [-0.39, 0.29) is 25.0 Å². The summed E-state index contributed by atoms with van der Waals surface area (Å²) in [5.41, 5.74) is 1.82. The number of ether oxygens (including phenoxy) is 1. The molecular formula is C27H28ClIN2O3. The lowest BCUT2D eigenvalue weighted by molar-refractivity contribution is -0.142. The maximum Gasteiger partial charge on any atom is 0.261 e. The highest BCUT2D eigenvalue weighted by Crippen LogP contribution is 2.19. The highest BCUT2D eigenvalue weighted by atomic mass is 127. The summed E-state index contributed by atoms with van der Waals surface area (Å²) in [5, 5.41) is 3.54. The summed E-state index contributed by atoms with van der Waals surface area (Å²) in [6.07, 6.45) is 1.20. The van der Waals surface area contributed by atoms with Crippen LogP contribution in [0.2, 0.25) is 5.02 Å². The van der Waals surface area contributed by atoms with Crippen LogP contribution in [0.5, 0.6) is 5.75 Å². The zero-order valence-corrected chi connectivity index (χ0v) is 22.0. The Labute approximate surface area is 219 Å². The Morgan fingerprint density at radius 3 is 2.38 bits per heavy atom. The summed E-state index contributed by atoms with van der Waals surface area (Å²) in [4.78, 5) is 28.3. The van der Waals surface area contributed by atoms with Crippen molar-refractivity contribution in [2.45, 2.75) is 32.4 Å². The summed E-state index contributed by atoms with van der Waals surface area (Å²) in [5.74, 6) is 0.146. The van der Waals surface area contributed by atoms with Crippen LogP contribution in [0.4, 0.5) is 0 Å². The molecule has 3 aromatic carbocycles. The predicted octanol–water partition coefficient (Wildman–Crippen LogP) is 5.49. The highest BCUT2D eigenvalue weighted by Gasteiger charge is 2.30. The van der Waals surface area contributed by atoms with Crippen LogP contribution in [0.25, 0.3) is 0 Å². The van der Waals surface area contributed by atoms with E-state index in [4.69, 9.17) is 16.3 Å². The van der Waals surface area contributed by atoms with Crippen LogP contribution in [0.15, 0.2) is 78.9 Å². The molecule has 0 heterocycles. The lowest BCUT2D eigenvalue weighted by Gasteiger charge is -2.31. The molecule has 3 aromatic rings. The summed E-state index contributed by atoms with van der Waals surface area (Å²) in [6, 6.07) is 23.8. The standard InChI is InChI=1S/C27H28ClIN2O3/c1-2-15-30-27(33)25(17-20-7-4-3-5-8-20)31(18-21-9-6-10-22(28)16-21)26(32)19-34-24-13-11-23(29)12-14-24/h3-14,16,25H,2,15,17-19H2,1H3,(H,30,33)/t25-/m1/s1. The van der Waals surface area contributed by atoms with Crippen molar-refractivity contribution in [1.82, 2.24) is 10.2 Å². The molecule has 0 saturated heterocycles. The van der Waals surface area contributed by atoms with E-state index >= 15 is 0 Å². The number of carbonyl (C=O) groups is 2. The second-order valence-corrected chi connectivity index (χ2v) is 9.57. The third-order valence-corrected chi connectivity index (χ3v) is 6.19. The first-order valence-electron chi connectivity index (χ1n) is 11.2. The topological polar surface area (TPSA) is 58.6 Å². The smallest absolute Gasteiger partial charge is 0.261 e. The van der Waals surface area contributed by atoms with Gasteiger partial charge in [0.2, 0.25) is 5.91 Å². The van der Waals surface area contributed by atoms with Crippen molar-refractivity contribution in [2.75, 3.05) is 13.2 Å². The van der Waals surface area contributed by atoms with Gasteiger partial charge in [-0.1, -0.05) is 61.0 Å². The average Bonchev–Trinajstić information content (AvgIpc) is 2.85. The fourth-order valence-electron chi connectivity index (χ4n) is 3.51. The first-order valence-corrected chi connectivity index (χ1v) is 12.7. The second-order valence-electron chi connectivity index (χ2n) is 7.89. The molecule has 0 aromatic heterocycles. The first-order chi connectivity index (χ1) is 16.5. The molecule has 1 N–H and O–H groups in total. The Morgan fingerprint density at radius 2 is 1.71 bits per heavy atom. The minimum absolute atomic E-state index is 0.173. The Balaban J connectivity index is 1.88. The monoisotopic (exact) mass is 590 g/mol. The maximum absolute atomic E-state index is 13.5. The van der Waals surface area contributed by atoms with Crippen molar-refractivity contribution >= 4 is 46.0 Å². The lowest BCUT2D eigenvalue weighted by atomic mass is 10.0. The summed E-state index contributed by atoms with van der Waals surface area (Å²) in [6.45, 7) is 2.61. The molecule has 178 valence electrons. The maximum atomic E-state index is 13.5. The van der Waals surface area contributed by atoms with Gasteiger partial charge in [0.1, 0.15) is 11.8 Å². The lowest BCUT2D eigenvalue weighted by Crippen LogP contribution is -2.51. The first kappa shape index (κ1) is 26.0. The number of hydrogen-bond acceptors (Lipinski definition) is 3. The van der Waals surface area contributed by atoms with Gasteiger partial charge in [-0.15, -0.1) is 0 Å². The van der Waals surface area contributed by atoms with Crippen molar-refractivity contribution in [3.8, 4) is 5.75 Å². The molecule has 0 bridgehead atoms. The molecule has 1 atom stereocenters. The minimum atomic E-state index is -0.694. The van der Waals surface area contributed by atoms with E-state index in [2.05, 4.69) is 27.9 Å². The molecule has 2 amide bonds. The number of nitrogens with one attached hydrogen (secondary N) is 1. The van der Waals surface area contributed by atoms with Gasteiger partial charge in [0.15, 0.2) is 6.61 Å².